The summed E-state index contributed by atoms with van der Waals surface area (Å²) in [4.78, 5) is 41.1. The number of carbonyl (C=O) groups is 3. The van der Waals surface area contributed by atoms with Gasteiger partial charge in [0, 0.05) is 29.2 Å². The Labute approximate surface area is 226 Å². The maximum atomic E-state index is 15.7. The van der Waals surface area contributed by atoms with Gasteiger partial charge in [0.05, 0.1) is 18.2 Å². The number of hydrogen-bond acceptors (Lipinski definition) is 9. The largest absolute Gasteiger partial charge is 0.510 e. The summed E-state index contributed by atoms with van der Waals surface area (Å²) in [5.74, 6) is -9.74. The number of amides is 1. The molecule has 40 heavy (non-hydrogen) atoms. The summed E-state index contributed by atoms with van der Waals surface area (Å²) in [5.41, 5.74) is -0.0847. The number of Topliss-reactive ketones (excluding diaryl/α,β-unsaturated/α-hetero) is 2. The number of allylic oxidation sites excluding steroid dienone is 1. The summed E-state index contributed by atoms with van der Waals surface area (Å²) in [5, 5.41) is 44.2. The van der Waals surface area contributed by atoms with Crippen LogP contribution >= 0.6 is 0 Å². The summed E-state index contributed by atoms with van der Waals surface area (Å²) in [6.07, 6.45) is -5.11. The number of benzene rings is 1. The fraction of sp³-hybridized carbons (Fsp3) is 0.500. The predicted octanol–water partition coefficient (Wildman–Crippen LogP) is 1.64. The third-order valence-corrected chi connectivity index (χ3v) is 7.97. The van der Waals surface area contributed by atoms with Gasteiger partial charge in [-0.2, -0.15) is 13.2 Å². The van der Waals surface area contributed by atoms with Crippen LogP contribution in [0.5, 0.6) is 5.75 Å². The van der Waals surface area contributed by atoms with Crippen LogP contribution in [0, 0.1) is 17.7 Å². The molecule has 0 saturated carbocycles. The molecule has 0 radical (unpaired) electrons. The van der Waals surface area contributed by atoms with Crippen LogP contribution in [-0.4, -0.2) is 92.7 Å². The van der Waals surface area contributed by atoms with E-state index in [2.05, 4.69) is 0 Å². The van der Waals surface area contributed by atoms with Gasteiger partial charge in [0.1, 0.15) is 28.7 Å². The van der Waals surface area contributed by atoms with Crippen molar-refractivity contribution in [3.8, 4) is 5.75 Å². The highest BCUT2D eigenvalue weighted by Crippen LogP contribution is 2.52. The second-order valence-corrected chi connectivity index (χ2v) is 10.6. The van der Waals surface area contributed by atoms with Crippen LogP contribution in [0.2, 0.25) is 0 Å². The molecular formula is C26H29F4N3O7. The maximum absolute atomic E-state index is 15.7. The van der Waals surface area contributed by atoms with E-state index >= 15 is 4.39 Å². The minimum Gasteiger partial charge on any atom is -0.510 e. The van der Waals surface area contributed by atoms with Crippen molar-refractivity contribution in [1.29, 1.82) is 0 Å². The number of nitrogens with two attached hydrogens (primary N) is 1. The zero-order valence-corrected chi connectivity index (χ0v) is 21.8. The molecule has 3 aliphatic carbocycles. The van der Waals surface area contributed by atoms with E-state index in [9.17, 15) is 48.0 Å². The molecule has 0 saturated heterocycles. The number of halogens is 4. The quantitative estimate of drug-likeness (QED) is 0.252. The lowest BCUT2D eigenvalue weighted by Gasteiger charge is -2.50. The van der Waals surface area contributed by atoms with Crippen molar-refractivity contribution in [2.45, 2.75) is 44.1 Å². The van der Waals surface area contributed by atoms with Crippen molar-refractivity contribution < 1.29 is 52.4 Å². The van der Waals surface area contributed by atoms with Crippen LogP contribution in [0.3, 0.4) is 0 Å². The van der Waals surface area contributed by atoms with Crippen molar-refractivity contribution in [1.82, 2.24) is 9.80 Å². The molecule has 0 bridgehead atoms. The van der Waals surface area contributed by atoms with Crippen LogP contribution in [0.25, 0.3) is 0 Å². The number of hydrogen-bond donors (Lipinski definition) is 5. The molecule has 0 heterocycles. The van der Waals surface area contributed by atoms with E-state index < -0.39 is 100 Å². The number of carbonyl (C=O) groups excluding carboxylic acids is 3. The van der Waals surface area contributed by atoms with Gasteiger partial charge in [-0.3, -0.25) is 24.2 Å². The SMILES string of the molecule is CCN(Cc1cc(O)c2c(c1F)C[C@H]1C[C@H]3[C@H](N(C)C)C(O)=C(C(N)=O)C(=O)[C@@]3(O)C(O)=C1C2=O)CC(F)(F)F. The fourth-order valence-electron chi connectivity index (χ4n) is 6.24. The zero-order chi connectivity index (χ0) is 30.1. The Bertz CT molecular complexity index is 1370. The van der Waals surface area contributed by atoms with Gasteiger partial charge < -0.3 is 26.2 Å². The van der Waals surface area contributed by atoms with Crippen LogP contribution in [-0.2, 0) is 22.6 Å². The number of phenols is 1. The molecule has 4 atom stereocenters. The molecule has 1 aromatic carbocycles. The molecule has 0 fully saturated rings. The highest BCUT2D eigenvalue weighted by atomic mass is 19.4. The summed E-state index contributed by atoms with van der Waals surface area (Å²) in [6, 6.07) is -0.376. The van der Waals surface area contributed by atoms with E-state index in [1.807, 2.05) is 0 Å². The number of primary amides is 1. The van der Waals surface area contributed by atoms with Crippen molar-refractivity contribution in [3.05, 3.63) is 51.2 Å². The summed E-state index contributed by atoms with van der Waals surface area (Å²) >= 11 is 0. The fourth-order valence-corrected chi connectivity index (χ4v) is 6.24. The minimum atomic E-state index is -4.55. The van der Waals surface area contributed by atoms with Crippen molar-refractivity contribution in [2.24, 2.45) is 17.6 Å². The standard InChI is InChI=1S/C26H29F4N3O7/c1-4-33(9-25(28,29)30)8-11-7-14(34)16-12(18(11)27)5-10-6-13-19(32(2)3)21(36)17(24(31)39)23(38)26(13,40)22(37)15(10)20(16)35/h7,10,13,19,34,36-37,40H,4-6,8-9H2,1-3H3,(H2,31,39)/t10-,13-,19-,26-/m0/s1. The second-order valence-electron chi connectivity index (χ2n) is 10.6. The van der Waals surface area contributed by atoms with Gasteiger partial charge in [0.2, 0.25) is 5.78 Å². The van der Waals surface area contributed by atoms with Crippen LogP contribution in [0.15, 0.2) is 28.7 Å². The molecule has 0 unspecified atom stereocenters. The Kier molecular flexibility index (Phi) is 7.27. The third-order valence-electron chi connectivity index (χ3n) is 7.97. The van der Waals surface area contributed by atoms with Gasteiger partial charge >= 0.3 is 6.18 Å². The minimum absolute atomic E-state index is 0.0797. The van der Waals surface area contributed by atoms with E-state index in [1.165, 1.54) is 25.9 Å². The highest BCUT2D eigenvalue weighted by Gasteiger charge is 2.63. The first-order valence-electron chi connectivity index (χ1n) is 12.4. The van der Waals surface area contributed by atoms with Crippen LogP contribution in [0.4, 0.5) is 17.6 Å². The van der Waals surface area contributed by atoms with E-state index in [-0.39, 0.29) is 30.5 Å². The maximum Gasteiger partial charge on any atom is 0.401 e. The van der Waals surface area contributed by atoms with Crippen molar-refractivity contribution in [3.63, 3.8) is 0 Å². The van der Waals surface area contributed by atoms with Gasteiger partial charge in [0.15, 0.2) is 11.4 Å². The number of aromatic hydroxyl groups is 1. The monoisotopic (exact) mass is 571 g/mol. The highest BCUT2D eigenvalue weighted by molar-refractivity contribution is 6.24. The lowest BCUT2D eigenvalue weighted by Crippen LogP contribution is -2.63. The molecule has 6 N–H and O–H groups in total. The molecule has 14 heteroatoms. The molecule has 218 valence electrons. The Morgan fingerprint density at radius 2 is 1.82 bits per heavy atom. The topological polar surface area (TPSA) is 165 Å². The average Bonchev–Trinajstić information content (AvgIpc) is 2.82. The van der Waals surface area contributed by atoms with Crippen LogP contribution < -0.4 is 5.73 Å². The van der Waals surface area contributed by atoms with Gasteiger partial charge in [-0.1, -0.05) is 6.92 Å². The van der Waals surface area contributed by atoms with E-state index in [0.717, 1.165) is 11.0 Å². The lowest BCUT2D eigenvalue weighted by molar-refractivity contribution is -0.148. The number of phenolic OH excluding ortho intramolecular Hbond substituents is 1. The van der Waals surface area contributed by atoms with Crippen LogP contribution in [0.1, 0.15) is 34.8 Å². The van der Waals surface area contributed by atoms with E-state index in [4.69, 9.17) is 5.73 Å². The predicted molar refractivity (Wildman–Crippen MR) is 131 cm³/mol. The first-order valence-corrected chi connectivity index (χ1v) is 12.4. The van der Waals surface area contributed by atoms with E-state index in [0.29, 0.717) is 0 Å². The number of rotatable bonds is 6. The number of fused-ring (bicyclic) bond motifs is 3. The number of ketones is 2. The van der Waals surface area contributed by atoms with Gasteiger partial charge in [0.25, 0.3) is 5.91 Å². The van der Waals surface area contributed by atoms with Crippen molar-refractivity contribution >= 4 is 17.5 Å². The second kappa shape index (κ2) is 9.85. The molecule has 0 aromatic heterocycles. The molecule has 10 nitrogen and oxygen atoms in total. The Balaban J connectivity index is 1.84. The number of nitrogens with zero attached hydrogens (tertiary/aromatic N) is 2. The molecule has 4 rings (SSSR count). The first-order chi connectivity index (χ1) is 18.4. The Hall–Kier alpha value is -3.49. The molecule has 3 aliphatic rings. The first kappa shape index (κ1) is 29.5. The molecular weight excluding hydrogens is 542 g/mol. The lowest BCUT2D eigenvalue weighted by atomic mass is 9.58. The number of likely N-dealkylation sites (N-methyl/N-ethyl adjacent to an activating group) is 1. The third kappa shape index (κ3) is 4.43. The normalized spacial score (nSPS) is 26.8. The summed E-state index contributed by atoms with van der Waals surface area (Å²) in [6.45, 7) is -0.463. The number of aliphatic hydroxyl groups excluding tert-OH is 2. The Morgan fingerprint density at radius 3 is 2.35 bits per heavy atom. The summed E-state index contributed by atoms with van der Waals surface area (Å²) in [7, 11) is 2.94. The van der Waals surface area contributed by atoms with E-state index in [1.54, 1.807) is 0 Å². The molecule has 0 aliphatic heterocycles. The number of aliphatic hydroxyl groups is 3. The van der Waals surface area contributed by atoms with Gasteiger partial charge in [-0.05, 0) is 45.5 Å². The molecule has 1 amide bonds. The Morgan fingerprint density at radius 1 is 1.20 bits per heavy atom. The zero-order valence-electron chi connectivity index (χ0n) is 21.8. The smallest absolute Gasteiger partial charge is 0.401 e. The average molecular weight is 572 g/mol. The molecule has 0 spiro atoms. The van der Waals surface area contributed by atoms with Crippen molar-refractivity contribution in [2.75, 3.05) is 27.2 Å². The summed E-state index contributed by atoms with van der Waals surface area (Å²) < 4.78 is 54.6. The number of alkyl halides is 3. The molecule has 1 aromatic rings. The van der Waals surface area contributed by atoms with Gasteiger partial charge in [-0.25, -0.2) is 4.39 Å². The van der Waals surface area contributed by atoms with Gasteiger partial charge in [-0.15, -0.1) is 0 Å².